The van der Waals surface area contributed by atoms with Gasteiger partial charge in [-0.2, -0.15) is 0 Å². The number of rotatable bonds is 9. The number of nitrogens with zero attached hydrogens (tertiary/aromatic N) is 1. The van der Waals surface area contributed by atoms with Gasteiger partial charge < -0.3 is 19.3 Å². The van der Waals surface area contributed by atoms with Gasteiger partial charge in [0.05, 0.1) is 26.9 Å². The van der Waals surface area contributed by atoms with Gasteiger partial charge in [-0.3, -0.25) is 19.8 Å². The predicted molar refractivity (Wildman–Crippen MR) is 120 cm³/mol. The summed E-state index contributed by atoms with van der Waals surface area (Å²) in [5.41, 5.74) is 0.872. The fourth-order valence-electron chi connectivity index (χ4n) is 3.22. The minimum Gasteiger partial charge on any atom is -0.504 e. The summed E-state index contributed by atoms with van der Waals surface area (Å²) in [6.07, 6.45) is 2.19. The highest BCUT2D eigenvalue weighted by Gasteiger charge is 2.35. The minimum atomic E-state index is -0.812. The van der Waals surface area contributed by atoms with E-state index in [-0.39, 0.29) is 23.6 Å². The van der Waals surface area contributed by atoms with Crippen molar-refractivity contribution in [2.24, 2.45) is 0 Å². The van der Waals surface area contributed by atoms with Gasteiger partial charge in [-0.05, 0) is 54.8 Å². The second-order valence-electron chi connectivity index (χ2n) is 7.20. The number of ether oxygens (including phenoxy) is 3. The maximum absolute atomic E-state index is 13.0. The average molecular weight is 454 g/mol. The van der Waals surface area contributed by atoms with Gasteiger partial charge in [-0.1, -0.05) is 19.1 Å². The highest BCUT2D eigenvalue weighted by molar-refractivity contribution is 6.30. The molecule has 0 bridgehead atoms. The predicted octanol–water partition coefficient (Wildman–Crippen LogP) is 3.25. The molecular formula is C24H26N2O7. The second kappa shape index (κ2) is 10.5. The Kier molecular flexibility index (Phi) is 7.55. The van der Waals surface area contributed by atoms with Gasteiger partial charge >= 0.3 is 6.03 Å². The molecular weight excluding hydrogens is 428 g/mol. The fourth-order valence-corrected chi connectivity index (χ4v) is 3.22. The summed E-state index contributed by atoms with van der Waals surface area (Å²) in [7, 11) is 1.50. The van der Waals surface area contributed by atoms with Gasteiger partial charge in [0.25, 0.3) is 11.8 Å². The molecule has 1 aliphatic heterocycles. The standard InChI is InChI=1S/C24H26N2O7/c1-4-10-33-19-9-7-16(13-21(19)31-3)14-26-23(29)17(22(28)25-24(26)30)11-15-6-8-18(27)20(12-15)32-5-2/h6-9,11-13,27H,4-5,10,14H2,1-3H3,(H,25,28,30)/b17-11+. The van der Waals surface area contributed by atoms with E-state index in [1.807, 2.05) is 6.92 Å². The van der Waals surface area contributed by atoms with Gasteiger partial charge in [0, 0.05) is 0 Å². The highest BCUT2D eigenvalue weighted by atomic mass is 16.5. The molecule has 33 heavy (non-hydrogen) atoms. The van der Waals surface area contributed by atoms with Crippen LogP contribution in [0.3, 0.4) is 0 Å². The molecule has 0 aliphatic carbocycles. The summed E-state index contributed by atoms with van der Waals surface area (Å²) in [6.45, 7) is 4.55. The molecule has 9 heteroatoms. The summed E-state index contributed by atoms with van der Waals surface area (Å²) >= 11 is 0. The SMILES string of the molecule is CCCOc1ccc(CN2C(=O)NC(=O)/C(=C\c3ccc(O)c(OCC)c3)C2=O)cc1OC. The van der Waals surface area contributed by atoms with Crippen molar-refractivity contribution < 1.29 is 33.7 Å². The quantitative estimate of drug-likeness (QED) is 0.442. The molecule has 3 rings (SSSR count). The lowest BCUT2D eigenvalue weighted by Crippen LogP contribution is -2.53. The molecule has 174 valence electrons. The zero-order valence-electron chi connectivity index (χ0n) is 18.7. The van der Waals surface area contributed by atoms with Crippen molar-refractivity contribution in [3.8, 4) is 23.0 Å². The second-order valence-corrected chi connectivity index (χ2v) is 7.20. The van der Waals surface area contributed by atoms with Gasteiger partial charge in [0.2, 0.25) is 0 Å². The number of phenols is 1. The number of phenolic OH excluding ortho intramolecular Hbond substituents is 1. The van der Waals surface area contributed by atoms with E-state index in [9.17, 15) is 19.5 Å². The third-order valence-electron chi connectivity index (χ3n) is 4.81. The van der Waals surface area contributed by atoms with E-state index in [0.717, 1.165) is 11.3 Å². The van der Waals surface area contributed by atoms with Crippen LogP contribution in [0.1, 0.15) is 31.4 Å². The Morgan fingerprint density at radius 1 is 1.00 bits per heavy atom. The number of methoxy groups -OCH3 is 1. The van der Waals surface area contributed by atoms with Gasteiger partial charge in [0.15, 0.2) is 23.0 Å². The van der Waals surface area contributed by atoms with Crippen molar-refractivity contribution in [3.63, 3.8) is 0 Å². The normalized spacial score (nSPS) is 14.9. The van der Waals surface area contributed by atoms with Crippen molar-refractivity contribution in [2.45, 2.75) is 26.8 Å². The Hall–Kier alpha value is -4.01. The topological polar surface area (TPSA) is 114 Å². The molecule has 0 aromatic heterocycles. The number of urea groups is 1. The van der Waals surface area contributed by atoms with Crippen molar-refractivity contribution in [3.05, 3.63) is 53.1 Å². The Bertz CT molecular complexity index is 1090. The van der Waals surface area contributed by atoms with Crippen LogP contribution in [-0.2, 0) is 16.1 Å². The molecule has 9 nitrogen and oxygen atoms in total. The van der Waals surface area contributed by atoms with Crippen LogP contribution < -0.4 is 19.5 Å². The number of carbonyl (C=O) groups excluding carboxylic acids is 3. The third kappa shape index (κ3) is 5.43. The number of hydrogen-bond acceptors (Lipinski definition) is 7. The molecule has 0 saturated carbocycles. The van der Waals surface area contributed by atoms with Crippen LogP contribution in [0.2, 0.25) is 0 Å². The summed E-state index contributed by atoms with van der Waals surface area (Å²) in [6, 6.07) is 8.75. The smallest absolute Gasteiger partial charge is 0.331 e. The number of benzene rings is 2. The zero-order chi connectivity index (χ0) is 24.0. The summed E-state index contributed by atoms with van der Waals surface area (Å²) in [5.74, 6) is -0.333. The number of carbonyl (C=O) groups is 3. The van der Waals surface area contributed by atoms with E-state index in [4.69, 9.17) is 14.2 Å². The van der Waals surface area contributed by atoms with Crippen LogP contribution in [0, 0.1) is 0 Å². The third-order valence-corrected chi connectivity index (χ3v) is 4.81. The van der Waals surface area contributed by atoms with Crippen LogP contribution in [0.25, 0.3) is 6.08 Å². The van der Waals surface area contributed by atoms with Crippen molar-refractivity contribution in [1.82, 2.24) is 10.2 Å². The van der Waals surface area contributed by atoms with Crippen molar-refractivity contribution >= 4 is 23.9 Å². The van der Waals surface area contributed by atoms with E-state index >= 15 is 0 Å². The molecule has 0 unspecified atom stereocenters. The maximum Gasteiger partial charge on any atom is 0.331 e. The van der Waals surface area contributed by atoms with E-state index in [2.05, 4.69) is 5.32 Å². The van der Waals surface area contributed by atoms with Crippen molar-refractivity contribution in [1.29, 1.82) is 0 Å². The molecule has 1 saturated heterocycles. The van der Waals surface area contributed by atoms with Gasteiger partial charge in [-0.25, -0.2) is 4.79 Å². The molecule has 0 radical (unpaired) electrons. The molecule has 2 N–H and O–H groups in total. The first-order chi connectivity index (χ1) is 15.9. The molecule has 1 aliphatic rings. The molecule has 2 aromatic rings. The monoisotopic (exact) mass is 454 g/mol. The van der Waals surface area contributed by atoms with Crippen molar-refractivity contribution in [2.75, 3.05) is 20.3 Å². The number of aromatic hydroxyl groups is 1. The molecule has 4 amide bonds. The van der Waals surface area contributed by atoms with Gasteiger partial charge in [0.1, 0.15) is 5.57 Å². The number of hydrogen-bond donors (Lipinski definition) is 2. The van der Waals surface area contributed by atoms with E-state index in [0.29, 0.717) is 35.8 Å². The minimum absolute atomic E-state index is 0.0597. The maximum atomic E-state index is 13.0. The van der Waals surface area contributed by atoms with E-state index < -0.39 is 17.8 Å². The van der Waals surface area contributed by atoms with Gasteiger partial charge in [-0.15, -0.1) is 0 Å². The Labute approximate surface area is 191 Å². The number of barbiturate groups is 1. The highest BCUT2D eigenvalue weighted by Crippen LogP contribution is 2.30. The van der Waals surface area contributed by atoms with E-state index in [1.165, 1.54) is 31.4 Å². The fraction of sp³-hybridized carbons (Fsp3) is 0.292. The molecule has 1 heterocycles. The van der Waals surface area contributed by atoms with Crippen LogP contribution >= 0.6 is 0 Å². The van der Waals surface area contributed by atoms with Crippen LogP contribution in [0.15, 0.2) is 42.0 Å². The average Bonchev–Trinajstić information content (AvgIpc) is 2.80. The summed E-state index contributed by atoms with van der Waals surface area (Å²) in [5, 5.41) is 12.1. The lowest BCUT2D eigenvalue weighted by atomic mass is 10.1. The molecule has 0 spiro atoms. The molecule has 0 atom stereocenters. The Morgan fingerprint density at radius 3 is 2.48 bits per heavy atom. The largest absolute Gasteiger partial charge is 0.504 e. The van der Waals surface area contributed by atoms with Crippen LogP contribution in [0.4, 0.5) is 4.79 Å². The molecule has 1 fully saturated rings. The summed E-state index contributed by atoms with van der Waals surface area (Å²) < 4.78 is 16.3. The zero-order valence-corrected chi connectivity index (χ0v) is 18.7. The lowest BCUT2D eigenvalue weighted by Gasteiger charge is -2.26. The van der Waals surface area contributed by atoms with Crippen LogP contribution in [0.5, 0.6) is 23.0 Å². The Balaban J connectivity index is 1.86. The van der Waals surface area contributed by atoms with E-state index in [1.54, 1.807) is 25.1 Å². The first-order valence-corrected chi connectivity index (χ1v) is 10.5. The Morgan fingerprint density at radius 2 is 1.79 bits per heavy atom. The number of nitrogens with one attached hydrogen (secondary N) is 1. The molecule has 2 aromatic carbocycles. The first-order valence-electron chi connectivity index (χ1n) is 10.5. The number of imide groups is 2. The summed E-state index contributed by atoms with van der Waals surface area (Å²) in [4.78, 5) is 38.8. The first kappa shape index (κ1) is 23.6. The number of amides is 4. The van der Waals surface area contributed by atoms with Crippen LogP contribution in [-0.4, -0.2) is 48.2 Å². The lowest BCUT2D eigenvalue weighted by molar-refractivity contribution is -0.130.